The molecule has 0 saturated heterocycles. The third-order valence-corrected chi connectivity index (χ3v) is 9.59. The second-order valence-electron chi connectivity index (χ2n) is 4.27. The maximum atomic E-state index is 5.43. The van der Waals surface area contributed by atoms with Crippen molar-refractivity contribution in [3.8, 4) is 0 Å². The SMILES string of the molecule is Brc1ccc(C=COC=Cc2ccc(Br)c(Br)c2Br)c(Br)c1Br. The molecule has 2 rings (SSSR count). The smallest absolute Gasteiger partial charge is 0.0907 e. The summed E-state index contributed by atoms with van der Waals surface area (Å²) in [6.07, 6.45) is 7.05. The van der Waals surface area contributed by atoms with Crippen LogP contribution in [0.25, 0.3) is 12.2 Å². The van der Waals surface area contributed by atoms with Gasteiger partial charge >= 0.3 is 0 Å². The predicted molar refractivity (Wildman–Crippen MR) is 118 cm³/mol. The number of hydrogen-bond acceptors (Lipinski definition) is 1. The van der Waals surface area contributed by atoms with Gasteiger partial charge < -0.3 is 4.74 Å². The molecule has 0 N–H and O–H groups in total. The molecule has 7 heteroatoms. The average Bonchev–Trinajstić information content (AvgIpc) is 2.54. The topological polar surface area (TPSA) is 9.23 Å². The van der Waals surface area contributed by atoms with Crippen LogP contribution in [0.2, 0.25) is 0 Å². The molecule has 0 aliphatic heterocycles. The molecule has 23 heavy (non-hydrogen) atoms. The van der Waals surface area contributed by atoms with Gasteiger partial charge in [-0.1, -0.05) is 12.1 Å². The van der Waals surface area contributed by atoms with Crippen molar-refractivity contribution in [1.82, 2.24) is 0 Å². The average molecular weight is 696 g/mol. The summed E-state index contributed by atoms with van der Waals surface area (Å²) in [5.41, 5.74) is 2.03. The number of ether oxygens (including phenoxy) is 1. The van der Waals surface area contributed by atoms with Crippen molar-refractivity contribution in [2.24, 2.45) is 0 Å². The van der Waals surface area contributed by atoms with Gasteiger partial charge in [0.15, 0.2) is 0 Å². The quantitative estimate of drug-likeness (QED) is 0.230. The molecule has 0 aliphatic rings. The fraction of sp³-hybridized carbons (Fsp3) is 0. The normalized spacial score (nSPS) is 11.6. The molecule has 0 radical (unpaired) electrons. The lowest BCUT2D eigenvalue weighted by atomic mass is 10.2. The highest BCUT2D eigenvalue weighted by Gasteiger charge is 2.06. The third-order valence-electron chi connectivity index (χ3n) is 2.78. The molecule has 2 aromatic rings. The molecule has 0 saturated carbocycles. The van der Waals surface area contributed by atoms with E-state index in [2.05, 4.69) is 95.6 Å². The van der Waals surface area contributed by atoms with Crippen molar-refractivity contribution in [1.29, 1.82) is 0 Å². The van der Waals surface area contributed by atoms with Crippen molar-refractivity contribution in [3.63, 3.8) is 0 Å². The summed E-state index contributed by atoms with van der Waals surface area (Å²) in [5, 5.41) is 0. The first-order valence-corrected chi connectivity index (χ1v) is 10.9. The zero-order chi connectivity index (χ0) is 17.0. The van der Waals surface area contributed by atoms with E-state index in [1.54, 1.807) is 12.5 Å². The molecule has 1 nitrogen and oxygen atoms in total. The molecule has 0 unspecified atom stereocenters. The van der Waals surface area contributed by atoms with Crippen LogP contribution in [0.5, 0.6) is 0 Å². The Hall–Kier alpha value is 0.600. The van der Waals surface area contributed by atoms with Crippen molar-refractivity contribution >= 4 is 108 Å². The van der Waals surface area contributed by atoms with Crippen LogP contribution >= 0.6 is 95.6 Å². The Morgan fingerprint density at radius 1 is 0.565 bits per heavy atom. The Labute approximate surface area is 185 Å². The lowest BCUT2D eigenvalue weighted by molar-refractivity contribution is 0.410. The highest BCUT2D eigenvalue weighted by Crippen LogP contribution is 2.35. The van der Waals surface area contributed by atoms with Gasteiger partial charge in [0.05, 0.1) is 12.5 Å². The minimum atomic E-state index is 0.968. The Morgan fingerprint density at radius 3 is 1.35 bits per heavy atom. The molecule has 2 aromatic carbocycles. The van der Waals surface area contributed by atoms with Gasteiger partial charge in [-0.05, 0) is 131 Å². The van der Waals surface area contributed by atoms with Crippen LogP contribution < -0.4 is 0 Å². The highest BCUT2D eigenvalue weighted by molar-refractivity contribution is 9.15. The van der Waals surface area contributed by atoms with Crippen LogP contribution in [0, 0.1) is 0 Å². The molecular weight excluding hydrogens is 688 g/mol. The van der Waals surface area contributed by atoms with E-state index in [4.69, 9.17) is 4.74 Å². The molecule has 0 fully saturated rings. The van der Waals surface area contributed by atoms with Gasteiger partial charge in [0.1, 0.15) is 0 Å². The first-order valence-electron chi connectivity index (χ1n) is 6.17. The summed E-state index contributed by atoms with van der Waals surface area (Å²) in [7, 11) is 0. The number of benzene rings is 2. The minimum Gasteiger partial charge on any atom is -0.473 e. The maximum absolute atomic E-state index is 5.43. The number of hydrogen-bond donors (Lipinski definition) is 0. The summed E-state index contributed by atoms with van der Waals surface area (Å²) in [5.74, 6) is 0. The molecule has 0 bridgehead atoms. The lowest BCUT2D eigenvalue weighted by Crippen LogP contribution is -1.80. The van der Waals surface area contributed by atoms with Gasteiger partial charge in [-0.2, -0.15) is 0 Å². The summed E-state index contributed by atoms with van der Waals surface area (Å²) in [6.45, 7) is 0. The first-order chi connectivity index (χ1) is 10.9. The molecule has 120 valence electrons. The van der Waals surface area contributed by atoms with Crippen molar-refractivity contribution < 1.29 is 4.74 Å². The van der Waals surface area contributed by atoms with Crippen LogP contribution in [0.15, 0.2) is 63.6 Å². The lowest BCUT2D eigenvalue weighted by Gasteiger charge is -2.04. The van der Waals surface area contributed by atoms with Gasteiger partial charge in [-0.15, -0.1) is 0 Å². The van der Waals surface area contributed by atoms with Gasteiger partial charge in [0, 0.05) is 26.8 Å². The zero-order valence-corrected chi connectivity index (χ0v) is 20.8. The molecule has 0 atom stereocenters. The van der Waals surface area contributed by atoms with Crippen LogP contribution in [0.1, 0.15) is 11.1 Å². The Kier molecular flexibility index (Phi) is 8.09. The van der Waals surface area contributed by atoms with E-state index >= 15 is 0 Å². The van der Waals surface area contributed by atoms with E-state index in [9.17, 15) is 0 Å². The second-order valence-corrected chi connectivity index (χ2v) is 9.15. The molecular formula is C16H8Br6O. The fourth-order valence-corrected chi connectivity index (χ4v) is 4.48. The van der Waals surface area contributed by atoms with E-state index in [1.165, 1.54) is 0 Å². The highest BCUT2D eigenvalue weighted by atomic mass is 79.9. The minimum absolute atomic E-state index is 0.968. The zero-order valence-electron chi connectivity index (χ0n) is 11.3. The van der Waals surface area contributed by atoms with E-state index in [0.717, 1.165) is 38.0 Å². The number of rotatable bonds is 4. The Bertz CT molecular complexity index is 717. The fourth-order valence-electron chi connectivity index (χ4n) is 1.61. The molecule has 0 aliphatic carbocycles. The second kappa shape index (κ2) is 9.34. The summed E-state index contributed by atoms with van der Waals surface area (Å²) < 4.78 is 11.3. The number of halogens is 6. The van der Waals surface area contributed by atoms with E-state index in [-0.39, 0.29) is 0 Å². The Morgan fingerprint density at radius 2 is 0.957 bits per heavy atom. The summed E-state index contributed by atoms with van der Waals surface area (Å²) >= 11 is 21.0. The molecule has 0 amide bonds. The largest absolute Gasteiger partial charge is 0.473 e. The van der Waals surface area contributed by atoms with Crippen molar-refractivity contribution in [2.45, 2.75) is 0 Å². The maximum Gasteiger partial charge on any atom is 0.0907 e. The Balaban J connectivity index is 2.05. The third kappa shape index (κ3) is 5.28. The summed E-state index contributed by atoms with van der Waals surface area (Å²) in [4.78, 5) is 0. The molecule has 0 spiro atoms. The molecule has 0 aromatic heterocycles. The standard InChI is InChI=1S/C16H8Br6O/c17-11-3-1-9(13(19)15(11)21)5-7-23-8-6-10-2-4-12(18)16(22)14(10)20/h1-8H. The van der Waals surface area contributed by atoms with Crippen LogP contribution in [0.4, 0.5) is 0 Å². The van der Waals surface area contributed by atoms with Gasteiger partial charge in [0.2, 0.25) is 0 Å². The molecule has 0 heterocycles. The first kappa shape index (κ1) is 19.9. The van der Waals surface area contributed by atoms with Gasteiger partial charge in [0.25, 0.3) is 0 Å². The van der Waals surface area contributed by atoms with E-state index in [0.29, 0.717) is 0 Å². The van der Waals surface area contributed by atoms with Crippen LogP contribution in [-0.2, 0) is 4.74 Å². The van der Waals surface area contributed by atoms with Crippen LogP contribution in [-0.4, -0.2) is 0 Å². The van der Waals surface area contributed by atoms with Crippen molar-refractivity contribution in [2.75, 3.05) is 0 Å². The van der Waals surface area contributed by atoms with Gasteiger partial charge in [-0.3, -0.25) is 0 Å². The monoisotopic (exact) mass is 690 g/mol. The van der Waals surface area contributed by atoms with Gasteiger partial charge in [-0.25, -0.2) is 0 Å². The predicted octanol–water partition coefficient (Wildman–Crippen LogP) is 8.92. The van der Waals surface area contributed by atoms with Crippen molar-refractivity contribution in [3.05, 3.63) is 74.8 Å². The van der Waals surface area contributed by atoms with E-state index < -0.39 is 0 Å². The summed E-state index contributed by atoms with van der Waals surface area (Å²) in [6, 6.07) is 7.93. The van der Waals surface area contributed by atoms with Crippen LogP contribution in [0.3, 0.4) is 0 Å². The van der Waals surface area contributed by atoms with E-state index in [1.807, 2.05) is 36.4 Å².